The molecule has 6 nitrogen and oxygen atoms in total. The Morgan fingerprint density at radius 3 is 2.84 bits per heavy atom. The fraction of sp³-hybridized carbons (Fsp3) is 0.263. The molecule has 25 heavy (non-hydrogen) atoms. The summed E-state index contributed by atoms with van der Waals surface area (Å²) in [6, 6.07) is 5.50. The summed E-state index contributed by atoms with van der Waals surface area (Å²) in [6.07, 6.45) is 8.60. The van der Waals surface area contributed by atoms with E-state index in [9.17, 15) is 4.79 Å². The third-order valence-corrected chi connectivity index (χ3v) is 3.52. The van der Waals surface area contributed by atoms with E-state index in [4.69, 9.17) is 9.47 Å². The van der Waals surface area contributed by atoms with Crippen LogP contribution in [0.1, 0.15) is 11.1 Å². The molecule has 6 heteroatoms. The number of likely N-dealkylation sites (N-methyl/N-ethyl adjacent to an activating group) is 1. The predicted octanol–water partition coefficient (Wildman–Crippen LogP) is 2.67. The standard InChI is InChI=1S/C19H23N3O3/c1-5-10-25-17-8-6-15(11-18(17)24-4)7-9-19(23)21(2)13-16-12-20-22(3)14-16/h5-9,11-12,14H,1,10,13H2,2-4H3/b9-7+. The summed E-state index contributed by atoms with van der Waals surface area (Å²) in [5.74, 6) is 1.16. The first kappa shape index (κ1) is 18.3. The van der Waals surface area contributed by atoms with Crippen molar-refractivity contribution >= 4 is 12.0 Å². The molecule has 2 aromatic rings. The fourth-order valence-corrected chi connectivity index (χ4v) is 2.26. The Morgan fingerprint density at radius 2 is 2.20 bits per heavy atom. The van der Waals surface area contributed by atoms with E-state index < -0.39 is 0 Å². The van der Waals surface area contributed by atoms with Gasteiger partial charge < -0.3 is 14.4 Å². The lowest BCUT2D eigenvalue weighted by atomic mass is 10.2. The minimum absolute atomic E-state index is 0.0881. The van der Waals surface area contributed by atoms with Crippen LogP contribution < -0.4 is 9.47 Å². The van der Waals surface area contributed by atoms with Crippen LogP contribution in [0.25, 0.3) is 6.08 Å². The van der Waals surface area contributed by atoms with Crippen molar-refractivity contribution in [2.75, 3.05) is 20.8 Å². The van der Waals surface area contributed by atoms with Crippen LogP contribution in [0, 0.1) is 0 Å². The average molecular weight is 341 g/mol. The number of aryl methyl sites for hydroxylation is 1. The molecule has 0 aliphatic heterocycles. The average Bonchev–Trinajstić information content (AvgIpc) is 3.02. The first-order valence-corrected chi connectivity index (χ1v) is 7.86. The number of hydrogen-bond donors (Lipinski definition) is 0. The normalized spacial score (nSPS) is 10.7. The first-order chi connectivity index (χ1) is 12.0. The predicted molar refractivity (Wildman–Crippen MR) is 97.4 cm³/mol. The van der Waals surface area contributed by atoms with Gasteiger partial charge in [-0.25, -0.2) is 0 Å². The summed E-state index contributed by atoms with van der Waals surface area (Å²) in [5, 5.41) is 4.10. The topological polar surface area (TPSA) is 56.6 Å². The highest BCUT2D eigenvalue weighted by Crippen LogP contribution is 2.28. The summed E-state index contributed by atoms with van der Waals surface area (Å²) in [6.45, 7) is 4.54. The zero-order valence-electron chi connectivity index (χ0n) is 14.8. The van der Waals surface area contributed by atoms with Crippen molar-refractivity contribution in [1.82, 2.24) is 14.7 Å². The van der Waals surface area contributed by atoms with Crippen LogP contribution in [0.15, 0.2) is 49.3 Å². The summed E-state index contributed by atoms with van der Waals surface area (Å²) in [7, 11) is 5.18. The number of aromatic nitrogens is 2. The number of amides is 1. The number of nitrogens with zero attached hydrogens (tertiary/aromatic N) is 3. The molecule has 0 aliphatic rings. The fourth-order valence-electron chi connectivity index (χ4n) is 2.26. The van der Waals surface area contributed by atoms with Gasteiger partial charge in [0.2, 0.25) is 5.91 Å². The van der Waals surface area contributed by atoms with E-state index >= 15 is 0 Å². The van der Waals surface area contributed by atoms with E-state index in [0.717, 1.165) is 11.1 Å². The molecule has 0 aliphatic carbocycles. The molecule has 0 unspecified atom stereocenters. The molecule has 0 fully saturated rings. The number of hydrogen-bond acceptors (Lipinski definition) is 4. The number of methoxy groups -OCH3 is 1. The first-order valence-electron chi connectivity index (χ1n) is 7.86. The zero-order valence-corrected chi connectivity index (χ0v) is 14.8. The van der Waals surface area contributed by atoms with Gasteiger partial charge >= 0.3 is 0 Å². The van der Waals surface area contributed by atoms with E-state index in [2.05, 4.69) is 11.7 Å². The Bertz CT molecular complexity index is 765. The van der Waals surface area contributed by atoms with Crippen LogP contribution in [0.2, 0.25) is 0 Å². The van der Waals surface area contributed by atoms with Gasteiger partial charge in [-0.1, -0.05) is 18.7 Å². The van der Waals surface area contributed by atoms with Gasteiger partial charge in [-0.2, -0.15) is 5.10 Å². The van der Waals surface area contributed by atoms with Crippen LogP contribution in [0.5, 0.6) is 11.5 Å². The second-order valence-corrected chi connectivity index (χ2v) is 5.56. The third kappa shape index (κ3) is 5.24. The molecular formula is C19H23N3O3. The van der Waals surface area contributed by atoms with Gasteiger partial charge in [0.05, 0.1) is 13.3 Å². The van der Waals surface area contributed by atoms with E-state index in [1.54, 1.807) is 42.1 Å². The van der Waals surface area contributed by atoms with Crippen LogP contribution in [0.4, 0.5) is 0 Å². The molecule has 0 radical (unpaired) electrons. The summed E-state index contributed by atoms with van der Waals surface area (Å²) in [5.41, 5.74) is 1.84. The molecule has 0 saturated carbocycles. The maximum atomic E-state index is 12.2. The van der Waals surface area contributed by atoms with Gasteiger partial charge in [0.15, 0.2) is 11.5 Å². The number of benzene rings is 1. The van der Waals surface area contributed by atoms with Crippen molar-refractivity contribution in [3.05, 3.63) is 60.5 Å². The van der Waals surface area contributed by atoms with Gasteiger partial charge in [0, 0.05) is 38.5 Å². The second kappa shape index (κ2) is 8.73. The minimum Gasteiger partial charge on any atom is -0.493 e. The van der Waals surface area contributed by atoms with Gasteiger partial charge in [-0.3, -0.25) is 9.48 Å². The molecule has 0 N–H and O–H groups in total. The highest BCUT2D eigenvalue weighted by Gasteiger charge is 2.08. The van der Waals surface area contributed by atoms with Crippen LogP contribution >= 0.6 is 0 Å². The van der Waals surface area contributed by atoms with Crippen LogP contribution in [-0.2, 0) is 18.4 Å². The number of rotatable bonds is 8. The molecule has 2 rings (SSSR count). The Morgan fingerprint density at radius 1 is 1.40 bits per heavy atom. The van der Waals surface area contributed by atoms with Crippen LogP contribution in [-0.4, -0.2) is 41.4 Å². The number of ether oxygens (including phenoxy) is 2. The zero-order chi connectivity index (χ0) is 18.2. The van der Waals surface area contributed by atoms with E-state index in [-0.39, 0.29) is 5.91 Å². The Kier molecular flexibility index (Phi) is 6.39. The Balaban J connectivity index is 2.02. The van der Waals surface area contributed by atoms with Crippen molar-refractivity contribution in [1.29, 1.82) is 0 Å². The lowest BCUT2D eigenvalue weighted by Gasteiger charge is -2.13. The van der Waals surface area contributed by atoms with Crippen molar-refractivity contribution in [2.24, 2.45) is 7.05 Å². The highest BCUT2D eigenvalue weighted by atomic mass is 16.5. The maximum absolute atomic E-state index is 12.2. The summed E-state index contributed by atoms with van der Waals surface area (Å²) < 4.78 is 12.5. The molecular weight excluding hydrogens is 318 g/mol. The third-order valence-electron chi connectivity index (χ3n) is 3.52. The molecule has 0 saturated heterocycles. The van der Waals surface area contributed by atoms with Gasteiger partial charge in [-0.05, 0) is 23.8 Å². The van der Waals surface area contributed by atoms with Crippen LogP contribution in [0.3, 0.4) is 0 Å². The largest absolute Gasteiger partial charge is 0.493 e. The monoisotopic (exact) mass is 341 g/mol. The van der Waals surface area contributed by atoms with E-state index in [1.165, 1.54) is 6.08 Å². The quantitative estimate of drug-likeness (QED) is 0.547. The Labute approximate surface area is 148 Å². The molecule has 0 atom stereocenters. The summed E-state index contributed by atoms with van der Waals surface area (Å²) in [4.78, 5) is 13.9. The van der Waals surface area contributed by atoms with E-state index in [1.807, 2.05) is 31.4 Å². The molecule has 1 amide bonds. The minimum atomic E-state index is -0.0881. The molecule has 132 valence electrons. The summed E-state index contributed by atoms with van der Waals surface area (Å²) >= 11 is 0. The second-order valence-electron chi connectivity index (χ2n) is 5.56. The highest BCUT2D eigenvalue weighted by molar-refractivity contribution is 5.91. The van der Waals surface area contributed by atoms with Crippen molar-refractivity contribution in [2.45, 2.75) is 6.54 Å². The molecule has 1 aromatic carbocycles. The van der Waals surface area contributed by atoms with Gasteiger partial charge in [-0.15, -0.1) is 0 Å². The maximum Gasteiger partial charge on any atom is 0.246 e. The lowest BCUT2D eigenvalue weighted by Crippen LogP contribution is -2.23. The number of carbonyl (C=O) groups is 1. The van der Waals surface area contributed by atoms with Gasteiger partial charge in [0.1, 0.15) is 6.61 Å². The molecule has 1 aromatic heterocycles. The van der Waals surface area contributed by atoms with Gasteiger partial charge in [0.25, 0.3) is 0 Å². The lowest BCUT2D eigenvalue weighted by molar-refractivity contribution is -0.125. The molecule has 0 spiro atoms. The van der Waals surface area contributed by atoms with E-state index in [0.29, 0.717) is 24.7 Å². The van der Waals surface area contributed by atoms with Crippen molar-refractivity contribution < 1.29 is 14.3 Å². The molecule has 1 heterocycles. The smallest absolute Gasteiger partial charge is 0.246 e. The van der Waals surface area contributed by atoms with Crippen molar-refractivity contribution in [3.63, 3.8) is 0 Å². The number of carbonyl (C=O) groups excluding carboxylic acids is 1. The SMILES string of the molecule is C=CCOc1ccc(/C=C/C(=O)N(C)Cc2cnn(C)c2)cc1OC. The molecule has 0 bridgehead atoms. The Hall–Kier alpha value is -3.02. The van der Waals surface area contributed by atoms with Crippen molar-refractivity contribution in [3.8, 4) is 11.5 Å².